The molecule has 0 radical (unpaired) electrons. The smallest absolute Gasteiger partial charge is 0.410 e. The van der Waals surface area contributed by atoms with E-state index in [9.17, 15) is 4.79 Å². The van der Waals surface area contributed by atoms with E-state index in [1.807, 2.05) is 18.3 Å². The number of nitrogens with one attached hydrogen (secondary N) is 2. The van der Waals surface area contributed by atoms with E-state index in [1.165, 1.54) is 0 Å². The molecule has 1 fully saturated rings. The molecule has 0 spiro atoms. The first kappa shape index (κ1) is 19.9. The maximum absolute atomic E-state index is 12.5. The number of carbonyl (C=O) groups excluding carboxylic acids is 1. The molecule has 1 aliphatic heterocycles. The van der Waals surface area contributed by atoms with Gasteiger partial charge in [0, 0.05) is 43.6 Å². The average Bonchev–Trinajstić information content (AvgIpc) is 3.47. The molecule has 1 atom stereocenters. The van der Waals surface area contributed by atoms with E-state index in [2.05, 4.69) is 32.6 Å². The number of piperidine rings is 1. The third-order valence-corrected chi connectivity index (χ3v) is 6.66. The highest BCUT2D eigenvalue weighted by Gasteiger charge is 2.24. The van der Waals surface area contributed by atoms with Gasteiger partial charge in [-0.15, -0.1) is 0 Å². The Balaban J connectivity index is 1.24. The predicted octanol–water partition coefficient (Wildman–Crippen LogP) is 4.16. The Labute approximate surface area is 179 Å². The van der Waals surface area contributed by atoms with Gasteiger partial charge in [0.1, 0.15) is 11.6 Å². The standard InChI is InChI=1S/C20H23N5O2S2/c26-20(25-11-5-14(6-12-25)13-29-19-23-9-10-24-19)27-16-3-1-15(2-4-16)17(28)18-21-7-8-22-18/h1-4,7-10,14,17,28H,5-6,11-13H2,(H,21,22)(H,23,24). The number of hydrogen-bond acceptors (Lipinski definition) is 6. The second-order valence-corrected chi connectivity index (χ2v) is 8.47. The lowest BCUT2D eigenvalue weighted by Gasteiger charge is -2.30. The Kier molecular flexibility index (Phi) is 6.46. The summed E-state index contributed by atoms with van der Waals surface area (Å²) in [6.45, 7) is 1.44. The van der Waals surface area contributed by atoms with Gasteiger partial charge >= 0.3 is 6.09 Å². The Hall–Kier alpha value is -2.39. The molecule has 29 heavy (non-hydrogen) atoms. The van der Waals surface area contributed by atoms with Crippen molar-refractivity contribution in [1.82, 2.24) is 24.8 Å². The summed E-state index contributed by atoms with van der Waals surface area (Å²) in [4.78, 5) is 28.9. The summed E-state index contributed by atoms with van der Waals surface area (Å²) in [6.07, 6.45) is 8.74. The molecule has 3 heterocycles. The molecule has 1 saturated heterocycles. The normalized spacial score (nSPS) is 16.0. The summed E-state index contributed by atoms with van der Waals surface area (Å²) in [6, 6.07) is 7.40. The molecule has 3 aromatic rings. The maximum Gasteiger partial charge on any atom is 0.415 e. The molecule has 2 aromatic heterocycles. The highest BCUT2D eigenvalue weighted by Crippen LogP contribution is 2.28. The molecule has 152 valence electrons. The largest absolute Gasteiger partial charge is 0.415 e. The molecule has 0 bridgehead atoms. The van der Waals surface area contributed by atoms with Gasteiger partial charge in [-0.1, -0.05) is 23.9 Å². The van der Waals surface area contributed by atoms with Crippen LogP contribution in [-0.4, -0.2) is 49.8 Å². The number of benzene rings is 1. The van der Waals surface area contributed by atoms with Crippen molar-refractivity contribution in [3.05, 3.63) is 60.4 Å². The predicted molar refractivity (Wildman–Crippen MR) is 115 cm³/mol. The molecule has 7 nitrogen and oxygen atoms in total. The molecule has 4 rings (SSSR count). The minimum absolute atomic E-state index is 0.146. The molecule has 1 unspecified atom stereocenters. The van der Waals surface area contributed by atoms with Crippen LogP contribution in [0.5, 0.6) is 5.75 Å². The first-order chi connectivity index (χ1) is 14.2. The molecule has 1 aromatic carbocycles. The van der Waals surface area contributed by atoms with E-state index in [0.717, 1.165) is 48.2 Å². The van der Waals surface area contributed by atoms with E-state index in [1.54, 1.807) is 47.4 Å². The number of aromatic nitrogens is 4. The SMILES string of the molecule is O=C(Oc1ccc(C(S)c2ncc[nH]2)cc1)N1CCC(CSc2ncc[nH]2)CC1. The van der Waals surface area contributed by atoms with Crippen molar-refractivity contribution in [3.63, 3.8) is 0 Å². The Morgan fingerprint density at radius 2 is 1.90 bits per heavy atom. The number of amides is 1. The fourth-order valence-electron chi connectivity index (χ4n) is 3.28. The summed E-state index contributed by atoms with van der Waals surface area (Å²) in [5.41, 5.74) is 0.984. The van der Waals surface area contributed by atoms with Gasteiger partial charge in [-0.2, -0.15) is 12.6 Å². The fraction of sp³-hybridized carbons (Fsp3) is 0.350. The number of thioether (sulfide) groups is 1. The van der Waals surface area contributed by atoms with Crippen molar-refractivity contribution in [1.29, 1.82) is 0 Å². The van der Waals surface area contributed by atoms with Crippen molar-refractivity contribution in [3.8, 4) is 5.75 Å². The number of imidazole rings is 2. The first-order valence-corrected chi connectivity index (χ1v) is 11.1. The first-order valence-electron chi connectivity index (χ1n) is 9.55. The zero-order chi connectivity index (χ0) is 20.1. The second kappa shape index (κ2) is 9.41. The fourth-order valence-corrected chi connectivity index (χ4v) is 4.60. The van der Waals surface area contributed by atoms with E-state index >= 15 is 0 Å². The number of nitrogens with zero attached hydrogens (tertiary/aromatic N) is 3. The van der Waals surface area contributed by atoms with E-state index in [4.69, 9.17) is 4.74 Å². The second-order valence-electron chi connectivity index (χ2n) is 6.95. The molecule has 0 saturated carbocycles. The lowest BCUT2D eigenvalue weighted by Crippen LogP contribution is -2.40. The molecule has 9 heteroatoms. The zero-order valence-corrected chi connectivity index (χ0v) is 17.5. The number of hydrogen-bond donors (Lipinski definition) is 3. The van der Waals surface area contributed by atoms with Gasteiger partial charge in [-0.25, -0.2) is 14.8 Å². The molecular formula is C20H23N5O2S2. The summed E-state index contributed by atoms with van der Waals surface area (Å²) in [7, 11) is 0. The summed E-state index contributed by atoms with van der Waals surface area (Å²) < 4.78 is 5.55. The van der Waals surface area contributed by atoms with Crippen LogP contribution in [0, 0.1) is 5.92 Å². The number of H-pyrrole nitrogens is 2. The van der Waals surface area contributed by atoms with Gasteiger partial charge < -0.3 is 19.6 Å². The van der Waals surface area contributed by atoms with Gasteiger partial charge in [0.15, 0.2) is 5.16 Å². The lowest BCUT2D eigenvalue weighted by molar-refractivity contribution is 0.134. The number of ether oxygens (including phenoxy) is 1. The van der Waals surface area contributed by atoms with Crippen LogP contribution in [0.3, 0.4) is 0 Å². The zero-order valence-electron chi connectivity index (χ0n) is 15.8. The molecule has 2 N–H and O–H groups in total. The third kappa shape index (κ3) is 5.16. The topological polar surface area (TPSA) is 86.9 Å². The molecule has 1 amide bonds. The Bertz CT molecular complexity index is 892. The van der Waals surface area contributed by atoms with Gasteiger partial charge in [0.05, 0.1) is 5.25 Å². The van der Waals surface area contributed by atoms with E-state index in [-0.39, 0.29) is 11.3 Å². The van der Waals surface area contributed by atoms with Crippen LogP contribution >= 0.6 is 24.4 Å². The monoisotopic (exact) mass is 429 g/mol. The van der Waals surface area contributed by atoms with Gasteiger partial charge in [0.2, 0.25) is 0 Å². The maximum atomic E-state index is 12.5. The Morgan fingerprint density at radius 3 is 2.55 bits per heavy atom. The quantitative estimate of drug-likeness (QED) is 0.405. The molecular weight excluding hydrogens is 406 g/mol. The third-order valence-electron chi connectivity index (χ3n) is 4.98. The highest BCUT2D eigenvalue weighted by molar-refractivity contribution is 7.99. The van der Waals surface area contributed by atoms with Crippen molar-refractivity contribution < 1.29 is 9.53 Å². The van der Waals surface area contributed by atoms with E-state index in [0.29, 0.717) is 11.7 Å². The number of thiol groups is 1. The van der Waals surface area contributed by atoms with Gasteiger partial charge in [0.25, 0.3) is 0 Å². The number of aromatic amines is 2. The summed E-state index contributed by atoms with van der Waals surface area (Å²) >= 11 is 6.32. The highest BCUT2D eigenvalue weighted by atomic mass is 32.2. The van der Waals surface area contributed by atoms with Crippen LogP contribution in [0.2, 0.25) is 0 Å². The summed E-state index contributed by atoms with van der Waals surface area (Å²) in [5.74, 6) is 2.92. The van der Waals surface area contributed by atoms with E-state index < -0.39 is 0 Å². The van der Waals surface area contributed by atoms with Crippen LogP contribution < -0.4 is 4.74 Å². The van der Waals surface area contributed by atoms with Gasteiger partial charge in [-0.3, -0.25) is 0 Å². The minimum atomic E-state index is -0.289. The number of rotatable bonds is 6. The van der Waals surface area contributed by atoms with Crippen LogP contribution in [0.25, 0.3) is 0 Å². The van der Waals surface area contributed by atoms with Gasteiger partial charge in [-0.05, 0) is 36.5 Å². The molecule has 1 aliphatic rings. The lowest BCUT2D eigenvalue weighted by atomic mass is 9.99. The van der Waals surface area contributed by atoms with Crippen molar-refractivity contribution in [2.75, 3.05) is 18.8 Å². The number of likely N-dealkylation sites (tertiary alicyclic amines) is 1. The molecule has 0 aliphatic carbocycles. The van der Waals surface area contributed by atoms with Crippen LogP contribution in [0.1, 0.15) is 29.5 Å². The average molecular weight is 430 g/mol. The van der Waals surface area contributed by atoms with Crippen molar-refractivity contribution >= 4 is 30.5 Å². The van der Waals surface area contributed by atoms with Crippen LogP contribution in [-0.2, 0) is 0 Å². The van der Waals surface area contributed by atoms with Crippen molar-refractivity contribution in [2.24, 2.45) is 5.92 Å². The van der Waals surface area contributed by atoms with Crippen LogP contribution in [0.15, 0.2) is 54.2 Å². The van der Waals surface area contributed by atoms with Crippen LogP contribution in [0.4, 0.5) is 4.79 Å². The van der Waals surface area contributed by atoms with Crippen molar-refractivity contribution in [2.45, 2.75) is 23.2 Å². The minimum Gasteiger partial charge on any atom is -0.410 e. The summed E-state index contributed by atoms with van der Waals surface area (Å²) in [5, 5.41) is 0.804. The Morgan fingerprint density at radius 1 is 1.17 bits per heavy atom. The number of carbonyl (C=O) groups is 1.